The summed E-state index contributed by atoms with van der Waals surface area (Å²) in [6, 6.07) is 13.9. The van der Waals surface area contributed by atoms with E-state index in [4.69, 9.17) is 10.5 Å². The lowest BCUT2D eigenvalue weighted by molar-refractivity contribution is -0.122. The number of ether oxygens (including phenoxy) is 1. The molecule has 28 heavy (non-hydrogen) atoms. The summed E-state index contributed by atoms with van der Waals surface area (Å²) in [5.41, 5.74) is 7.12. The van der Waals surface area contributed by atoms with Gasteiger partial charge in [0.2, 0.25) is 5.91 Å². The maximum Gasteiger partial charge on any atom is 0.255 e. The molecule has 0 atom stereocenters. The highest BCUT2D eigenvalue weighted by molar-refractivity contribution is 5.94. The van der Waals surface area contributed by atoms with Gasteiger partial charge in [-0.2, -0.15) is 0 Å². The van der Waals surface area contributed by atoms with Crippen LogP contribution in [0.5, 0.6) is 5.75 Å². The smallest absolute Gasteiger partial charge is 0.255 e. The van der Waals surface area contributed by atoms with Gasteiger partial charge in [-0.05, 0) is 54.8 Å². The Bertz CT molecular complexity index is 860. The molecule has 3 rings (SSSR count). The van der Waals surface area contributed by atoms with Crippen molar-refractivity contribution in [2.75, 3.05) is 11.9 Å². The van der Waals surface area contributed by atoms with Gasteiger partial charge in [0.1, 0.15) is 5.75 Å². The Morgan fingerprint density at radius 1 is 1.07 bits per heavy atom. The third-order valence-corrected chi connectivity index (χ3v) is 4.62. The molecule has 2 aromatic carbocycles. The van der Waals surface area contributed by atoms with Gasteiger partial charge >= 0.3 is 0 Å². The second-order valence-electron chi connectivity index (χ2n) is 6.78. The van der Waals surface area contributed by atoms with Crippen molar-refractivity contribution in [1.82, 2.24) is 5.32 Å². The Balaban J connectivity index is 1.51. The number of anilines is 1. The van der Waals surface area contributed by atoms with Crippen molar-refractivity contribution >= 4 is 23.4 Å². The zero-order valence-corrected chi connectivity index (χ0v) is 15.4. The van der Waals surface area contributed by atoms with E-state index in [-0.39, 0.29) is 24.3 Å². The van der Waals surface area contributed by atoms with Crippen molar-refractivity contribution in [2.45, 2.75) is 25.8 Å². The molecule has 0 heterocycles. The Hall–Kier alpha value is -3.35. The quantitative estimate of drug-likeness (QED) is 0.651. The van der Waals surface area contributed by atoms with Gasteiger partial charge < -0.3 is 21.1 Å². The maximum atomic E-state index is 12.3. The first-order valence-corrected chi connectivity index (χ1v) is 9.20. The summed E-state index contributed by atoms with van der Waals surface area (Å²) in [5, 5.41) is 5.78. The average molecular weight is 381 g/mol. The normalized spacial score (nSPS) is 13.3. The lowest BCUT2D eigenvalue weighted by Gasteiger charge is -2.24. The molecule has 7 nitrogen and oxygen atoms in total. The number of primary amides is 1. The predicted octanol–water partition coefficient (Wildman–Crippen LogP) is 2.22. The van der Waals surface area contributed by atoms with Crippen LogP contribution in [-0.4, -0.2) is 24.3 Å². The molecular formula is C21H23N3O4. The topological polar surface area (TPSA) is 111 Å². The Labute approximate surface area is 163 Å². The van der Waals surface area contributed by atoms with Crippen LogP contribution >= 0.6 is 0 Å². The third-order valence-electron chi connectivity index (χ3n) is 4.62. The Morgan fingerprint density at radius 3 is 2.46 bits per heavy atom. The third kappa shape index (κ3) is 5.33. The summed E-state index contributed by atoms with van der Waals surface area (Å²) >= 11 is 0. The molecule has 0 radical (unpaired) electrons. The molecule has 0 saturated heterocycles. The van der Waals surface area contributed by atoms with Gasteiger partial charge in [-0.15, -0.1) is 0 Å². The minimum Gasteiger partial charge on any atom is -0.484 e. The number of benzene rings is 2. The molecule has 1 saturated carbocycles. The fourth-order valence-electron chi connectivity index (χ4n) is 2.82. The van der Waals surface area contributed by atoms with Crippen LogP contribution in [0.15, 0.2) is 48.5 Å². The van der Waals surface area contributed by atoms with Crippen molar-refractivity contribution in [3.05, 3.63) is 59.7 Å². The number of rotatable bonds is 8. The molecule has 0 spiro atoms. The van der Waals surface area contributed by atoms with Gasteiger partial charge in [0.05, 0.1) is 0 Å². The molecule has 4 N–H and O–H groups in total. The molecule has 2 aromatic rings. The molecule has 7 heteroatoms. The van der Waals surface area contributed by atoms with Crippen LogP contribution < -0.4 is 21.1 Å². The van der Waals surface area contributed by atoms with Crippen molar-refractivity contribution in [3.8, 4) is 5.75 Å². The van der Waals surface area contributed by atoms with E-state index in [0.717, 1.165) is 30.5 Å². The van der Waals surface area contributed by atoms with Crippen LogP contribution in [0.4, 0.5) is 5.69 Å². The predicted molar refractivity (Wildman–Crippen MR) is 105 cm³/mol. The summed E-state index contributed by atoms with van der Waals surface area (Å²) < 4.78 is 5.16. The first-order valence-electron chi connectivity index (χ1n) is 9.20. The van der Waals surface area contributed by atoms with Crippen LogP contribution in [-0.2, 0) is 16.1 Å². The summed E-state index contributed by atoms with van der Waals surface area (Å²) in [7, 11) is 0. The molecule has 0 aromatic heterocycles. The van der Waals surface area contributed by atoms with E-state index in [2.05, 4.69) is 10.6 Å². The number of hydrogen-bond donors (Lipinski definition) is 3. The highest BCUT2D eigenvalue weighted by Crippen LogP contribution is 2.27. The highest BCUT2D eigenvalue weighted by Gasteiger charge is 2.25. The van der Waals surface area contributed by atoms with E-state index in [9.17, 15) is 14.4 Å². The van der Waals surface area contributed by atoms with Gasteiger partial charge in [0, 0.05) is 23.7 Å². The van der Waals surface area contributed by atoms with E-state index in [1.807, 2.05) is 24.3 Å². The number of hydrogen-bond acceptors (Lipinski definition) is 4. The van der Waals surface area contributed by atoms with E-state index >= 15 is 0 Å². The molecule has 1 fully saturated rings. The molecule has 3 amide bonds. The van der Waals surface area contributed by atoms with Gasteiger partial charge in [-0.1, -0.05) is 18.6 Å². The lowest BCUT2D eigenvalue weighted by Crippen LogP contribution is -2.28. The Kier molecular flexibility index (Phi) is 6.26. The van der Waals surface area contributed by atoms with Crippen LogP contribution in [0.2, 0.25) is 0 Å². The van der Waals surface area contributed by atoms with Gasteiger partial charge in [-0.25, -0.2) is 0 Å². The van der Waals surface area contributed by atoms with E-state index < -0.39 is 5.91 Å². The van der Waals surface area contributed by atoms with Crippen LogP contribution in [0.3, 0.4) is 0 Å². The highest BCUT2D eigenvalue weighted by atomic mass is 16.5. The standard InChI is InChI=1S/C21H23N3O4/c22-19(25)13-28-18-9-7-16(8-10-18)20(26)23-12-14-3-1-6-17(11-14)24-21(27)15-4-2-5-15/h1,3,6-11,15H,2,4-5,12-13H2,(H2,22,25)(H,23,26)(H,24,27). The molecule has 0 bridgehead atoms. The molecule has 0 unspecified atom stereocenters. The second kappa shape index (κ2) is 9.03. The zero-order valence-electron chi connectivity index (χ0n) is 15.4. The Morgan fingerprint density at radius 2 is 1.82 bits per heavy atom. The number of carbonyl (C=O) groups is 3. The lowest BCUT2D eigenvalue weighted by atomic mass is 9.85. The van der Waals surface area contributed by atoms with E-state index in [0.29, 0.717) is 17.9 Å². The fourth-order valence-corrected chi connectivity index (χ4v) is 2.82. The number of amides is 3. The molecule has 1 aliphatic rings. The van der Waals surface area contributed by atoms with Crippen molar-refractivity contribution in [2.24, 2.45) is 11.7 Å². The van der Waals surface area contributed by atoms with E-state index in [1.165, 1.54) is 0 Å². The van der Waals surface area contributed by atoms with Crippen LogP contribution in [0, 0.1) is 5.92 Å². The molecule has 146 valence electrons. The average Bonchev–Trinajstić information content (AvgIpc) is 2.63. The summed E-state index contributed by atoms with van der Waals surface area (Å²) in [5.74, 6) is -0.145. The van der Waals surface area contributed by atoms with Crippen LogP contribution in [0.25, 0.3) is 0 Å². The fraction of sp³-hybridized carbons (Fsp3) is 0.286. The van der Waals surface area contributed by atoms with Crippen molar-refractivity contribution in [1.29, 1.82) is 0 Å². The zero-order chi connectivity index (χ0) is 19.9. The number of carbonyl (C=O) groups excluding carboxylic acids is 3. The first-order chi connectivity index (χ1) is 13.5. The van der Waals surface area contributed by atoms with Gasteiger partial charge in [-0.3, -0.25) is 14.4 Å². The SMILES string of the molecule is NC(=O)COc1ccc(C(=O)NCc2cccc(NC(=O)C3CCC3)c2)cc1. The largest absolute Gasteiger partial charge is 0.484 e. The van der Waals surface area contributed by atoms with Crippen molar-refractivity contribution in [3.63, 3.8) is 0 Å². The molecular weight excluding hydrogens is 358 g/mol. The summed E-state index contributed by atoms with van der Waals surface area (Å²) in [6.07, 6.45) is 3.02. The minimum absolute atomic E-state index is 0.0612. The van der Waals surface area contributed by atoms with Crippen LogP contribution in [0.1, 0.15) is 35.2 Å². The number of nitrogens with two attached hydrogens (primary N) is 1. The van der Waals surface area contributed by atoms with Gasteiger partial charge in [0.15, 0.2) is 6.61 Å². The minimum atomic E-state index is -0.562. The molecule has 1 aliphatic carbocycles. The number of nitrogens with one attached hydrogen (secondary N) is 2. The maximum absolute atomic E-state index is 12.3. The second-order valence-corrected chi connectivity index (χ2v) is 6.78. The first kappa shape index (κ1) is 19.4. The molecule has 0 aliphatic heterocycles. The monoisotopic (exact) mass is 381 g/mol. The summed E-state index contributed by atoms with van der Waals surface area (Å²) in [4.78, 5) is 35.1. The van der Waals surface area contributed by atoms with Crippen molar-refractivity contribution < 1.29 is 19.1 Å². The summed E-state index contributed by atoms with van der Waals surface area (Å²) in [6.45, 7) is 0.130. The van der Waals surface area contributed by atoms with E-state index in [1.54, 1.807) is 24.3 Å². The van der Waals surface area contributed by atoms with Gasteiger partial charge in [0.25, 0.3) is 11.8 Å².